The van der Waals surface area contributed by atoms with Crippen LogP contribution in [0, 0.1) is 0 Å². The molecule has 0 aliphatic heterocycles. The second-order valence-electron chi connectivity index (χ2n) is 24.5. The molecule has 9 heteroatoms. The smallest absolute Gasteiger partial charge is 0.268 e. The number of nitrogens with one attached hydrogen (secondary N) is 1. The fraction of sp³-hybridized carbons (Fsp3) is 0.925. The topological polar surface area (TPSA) is 108 Å². The number of likely N-dealkylation sites (N-methyl/N-ethyl adjacent to an activating group) is 1. The summed E-state index contributed by atoms with van der Waals surface area (Å²) in [5.74, 6) is -0.158. The number of phosphoric acid groups is 1. The number of hydrogen-bond acceptors (Lipinski definition) is 6. The molecule has 0 fully saturated rings. The third kappa shape index (κ3) is 60.6. The van der Waals surface area contributed by atoms with Crippen LogP contribution in [0.5, 0.6) is 0 Å². The number of carbonyl (C=O) groups is 1. The summed E-state index contributed by atoms with van der Waals surface area (Å²) in [6.07, 6.45) is 75.3. The van der Waals surface area contributed by atoms with Crippen LogP contribution in [0.25, 0.3) is 0 Å². The van der Waals surface area contributed by atoms with Gasteiger partial charge >= 0.3 is 0 Å². The highest BCUT2D eigenvalue weighted by molar-refractivity contribution is 7.45. The normalized spacial score (nSPS) is 13.8. The number of allylic oxidation sites excluding steroid dienone is 4. The van der Waals surface area contributed by atoms with E-state index >= 15 is 0 Å². The van der Waals surface area contributed by atoms with Crippen molar-refractivity contribution in [2.24, 2.45) is 0 Å². The molecule has 3 atom stereocenters. The molecule has 3 unspecified atom stereocenters. The van der Waals surface area contributed by atoms with Gasteiger partial charge in [0.1, 0.15) is 13.2 Å². The number of quaternary nitrogens is 1. The summed E-state index contributed by atoms with van der Waals surface area (Å²) in [4.78, 5) is 25.6. The van der Waals surface area contributed by atoms with E-state index in [0.29, 0.717) is 23.9 Å². The van der Waals surface area contributed by atoms with E-state index in [0.717, 1.165) is 44.9 Å². The van der Waals surface area contributed by atoms with E-state index in [4.69, 9.17) is 9.05 Å². The molecule has 0 spiro atoms. The van der Waals surface area contributed by atoms with Gasteiger partial charge in [0.05, 0.1) is 39.9 Å². The predicted molar refractivity (Wildman–Crippen MR) is 330 cm³/mol. The van der Waals surface area contributed by atoms with E-state index in [1.165, 1.54) is 276 Å². The second kappa shape index (κ2) is 58.6. The number of hydrogen-bond donors (Lipinski definition) is 2. The minimum absolute atomic E-state index is 0.0146. The molecule has 0 bridgehead atoms. The fourth-order valence-electron chi connectivity index (χ4n) is 10.4. The van der Waals surface area contributed by atoms with Crippen molar-refractivity contribution in [1.29, 1.82) is 0 Å². The Morgan fingerprint density at radius 3 is 1.09 bits per heavy atom. The Labute approximate surface area is 474 Å². The number of rotatable bonds is 63. The summed E-state index contributed by atoms with van der Waals surface area (Å²) in [6, 6.07) is -0.799. The Bertz CT molecular complexity index is 1290. The summed E-state index contributed by atoms with van der Waals surface area (Å²) in [6.45, 7) is 4.78. The van der Waals surface area contributed by atoms with Crippen molar-refractivity contribution in [3.8, 4) is 0 Å². The number of amides is 1. The van der Waals surface area contributed by atoms with Gasteiger partial charge in [0, 0.05) is 6.42 Å². The average Bonchev–Trinajstić information content (AvgIpc) is 3.38. The lowest BCUT2D eigenvalue weighted by Gasteiger charge is -2.30. The third-order valence-electron chi connectivity index (χ3n) is 15.7. The molecular formula is C67H133N2O6P. The van der Waals surface area contributed by atoms with Gasteiger partial charge in [0.2, 0.25) is 5.91 Å². The number of aliphatic hydroxyl groups excluding tert-OH is 1. The molecule has 0 aromatic heterocycles. The van der Waals surface area contributed by atoms with Crippen molar-refractivity contribution in [3.63, 3.8) is 0 Å². The molecule has 2 N–H and O–H groups in total. The van der Waals surface area contributed by atoms with Gasteiger partial charge in [-0.1, -0.05) is 321 Å². The monoisotopic (exact) mass is 1090 g/mol. The quantitative estimate of drug-likeness (QED) is 0.0272. The van der Waals surface area contributed by atoms with Crippen molar-refractivity contribution in [2.45, 2.75) is 360 Å². The zero-order valence-electron chi connectivity index (χ0n) is 51.7. The summed E-state index contributed by atoms with van der Waals surface area (Å²) in [5, 5.41) is 14.1. The van der Waals surface area contributed by atoms with Crippen LogP contribution >= 0.6 is 7.82 Å². The zero-order chi connectivity index (χ0) is 55.6. The Kier molecular flexibility index (Phi) is 57.8. The van der Waals surface area contributed by atoms with Gasteiger partial charge in [0.15, 0.2) is 0 Å². The number of unbranched alkanes of at least 4 members (excludes halogenated alkanes) is 46. The molecule has 0 aliphatic carbocycles. The van der Waals surface area contributed by atoms with Crippen LogP contribution in [0.15, 0.2) is 24.3 Å². The standard InChI is InChI=1S/C67H133N2O6P/c1-6-8-10-12-14-16-18-20-22-24-26-27-28-29-30-31-32-33-34-35-36-37-38-39-40-41-43-45-47-49-51-53-55-57-59-61-67(71)68-65(64-75-76(72,73)74-63-62-69(3,4)5)66(70)60-58-56-54-52-50-48-46-44-42-25-23-21-19-17-15-13-11-9-7-2/h28-29,31-32,65-66,70H,6-27,30,33-64H2,1-5H3,(H-,68,71,72,73)/b29-28-,32-31-. The molecule has 0 saturated heterocycles. The minimum atomic E-state index is -4.57. The van der Waals surface area contributed by atoms with Crippen LogP contribution in [-0.2, 0) is 18.4 Å². The molecular weight excluding hydrogens is 960 g/mol. The van der Waals surface area contributed by atoms with Gasteiger partial charge in [-0.25, -0.2) is 0 Å². The van der Waals surface area contributed by atoms with Gasteiger partial charge in [-0.3, -0.25) is 9.36 Å². The van der Waals surface area contributed by atoms with E-state index in [1.807, 2.05) is 21.1 Å². The van der Waals surface area contributed by atoms with Crippen LogP contribution in [0.1, 0.15) is 348 Å². The Hall–Kier alpha value is -1.02. The molecule has 0 aromatic rings. The Balaban J connectivity index is 3.97. The predicted octanol–water partition coefficient (Wildman–Crippen LogP) is 20.5. The van der Waals surface area contributed by atoms with E-state index in [2.05, 4.69) is 43.5 Å². The first kappa shape index (κ1) is 75.0. The molecule has 76 heavy (non-hydrogen) atoms. The summed E-state index contributed by atoms with van der Waals surface area (Å²) in [5.41, 5.74) is 0. The SMILES string of the molecule is CCCCCCCCCCCCC/C=C\C/C=C\CCCCCCCCCCCCCCCCCCCC(=O)NC(COP(=O)([O-])OCC[N+](C)(C)C)C(O)CCCCCCCCCCCCCCCCCCCCC. The maximum Gasteiger partial charge on any atom is 0.268 e. The van der Waals surface area contributed by atoms with Crippen molar-refractivity contribution >= 4 is 13.7 Å². The second-order valence-corrected chi connectivity index (χ2v) is 25.9. The molecule has 8 nitrogen and oxygen atoms in total. The van der Waals surface area contributed by atoms with Gasteiger partial charge in [0.25, 0.3) is 7.82 Å². The maximum absolute atomic E-state index is 13.0. The van der Waals surface area contributed by atoms with Crippen LogP contribution < -0.4 is 10.2 Å². The van der Waals surface area contributed by atoms with E-state index in [-0.39, 0.29) is 19.1 Å². The van der Waals surface area contributed by atoms with Crippen LogP contribution in [0.4, 0.5) is 0 Å². The van der Waals surface area contributed by atoms with Crippen molar-refractivity contribution in [2.75, 3.05) is 40.9 Å². The molecule has 0 radical (unpaired) electrons. The highest BCUT2D eigenvalue weighted by Crippen LogP contribution is 2.38. The number of aliphatic hydroxyl groups is 1. The fourth-order valence-corrected chi connectivity index (χ4v) is 11.2. The number of nitrogens with zero attached hydrogens (tertiary/aromatic N) is 1. The lowest BCUT2D eigenvalue weighted by molar-refractivity contribution is -0.870. The maximum atomic E-state index is 13.0. The van der Waals surface area contributed by atoms with Crippen LogP contribution in [-0.4, -0.2) is 68.5 Å². The van der Waals surface area contributed by atoms with Crippen LogP contribution in [0.3, 0.4) is 0 Å². The largest absolute Gasteiger partial charge is 0.756 e. The summed E-state index contributed by atoms with van der Waals surface area (Å²) < 4.78 is 23.5. The Morgan fingerprint density at radius 1 is 0.461 bits per heavy atom. The van der Waals surface area contributed by atoms with E-state index in [1.54, 1.807) is 0 Å². The summed E-state index contributed by atoms with van der Waals surface area (Å²) in [7, 11) is 1.32. The van der Waals surface area contributed by atoms with Crippen molar-refractivity contribution in [3.05, 3.63) is 24.3 Å². The lowest BCUT2D eigenvalue weighted by Crippen LogP contribution is -2.46. The number of carbonyl (C=O) groups excluding carboxylic acids is 1. The van der Waals surface area contributed by atoms with Crippen molar-refractivity contribution < 1.29 is 32.9 Å². The molecule has 0 aliphatic rings. The first-order chi connectivity index (χ1) is 37.0. The van der Waals surface area contributed by atoms with Gasteiger partial charge in [-0.2, -0.15) is 0 Å². The third-order valence-corrected chi connectivity index (χ3v) is 16.7. The molecule has 0 rings (SSSR count). The zero-order valence-corrected chi connectivity index (χ0v) is 52.6. The van der Waals surface area contributed by atoms with E-state index < -0.39 is 20.0 Å². The van der Waals surface area contributed by atoms with Gasteiger partial charge in [-0.05, 0) is 44.9 Å². The van der Waals surface area contributed by atoms with Gasteiger partial charge in [-0.15, -0.1) is 0 Å². The summed E-state index contributed by atoms with van der Waals surface area (Å²) >= 11 is 0. The average molecular weight is 1090 g/mol. The van der Waals surface area contributed by atoms with Crippen molar-refractivity contribution in [1.82, 2.24) is 5.32 Å². The van der Waals surface area contributed by atoms with Gasteiger partial charge < -0.3 is 28.8 Å². The Morgan fingerprint density at radius 2 is 0.763 bits per heavy atom. The minimum Gasteiger partial charge on any atom is -0.756 e. The first-order valence-electron chi connectivity index (χ1n) is 33.7. The molecule has 0 aromatic carbocycles. The molecule has 1 amide bonds. The molecule has 0 saturated carbocycles. The molecule has 452 valence electrons. The highest BCUT2D eigenvalue weighted by Gasteiger charge is 2.24. The number of phosphoric ester groups is 1. The first-order valence-corrected chi connectivity index (χ1v) is 35.1. The van der Waals surface area contributed by atoms with E-state index in [9.17, 15) is 19.4 Å². The lowest BCUT2D eigenvalue weighted by atomic mass is 10.0. The van der Waals surface area contributed by atoms with Crippen LogP contribution in [0.2, 0.25) is 0 Å². The highest BCUT2D eigenvalue weighted by atomic mass is 31.2. The molecule has 0 heterocycles.